The highest BCUT2D eigenvalue weighted by Gasteiger charge is 2.56. The maximum Gasteiger partial charge on any atom is 0.310 e. The molecule has 322 valence electrons. The van der Waals surface area contributed by atoms with Crippen molar-refractivity contribution in [2.75, 3.05) is 14.2 Å². The first kappa shape index (κ1) is 41.6. The van der Waals surface area contributed by atoms with Gasteiger partial charge in [-0.15, -0.1) is 0 Å². The minimum Gasteiger partial charge on any atom is -0.508 e. The zero-order valence-corrected chi connectivity index (χ0v) is 35.8. The average molecular weight is 845 g/mol. The van der Waals surface area contributed by atoms with Gasteiger partial charge in [0, 0.05) is 24.7 Å². The van der Waals surface area contributed by atoms with Crippen LogP contribution < -0.4 is 9.47 Å². The average Bonchev–Trinajstić information content (AvgIpc) is 3.27. The Morgan fingerprint density at radius 3 is 2.19 bits per heavy atom. The van der Waals surface area contributed by atoms with E-state index in [2.05, 4.69) is 24.3 Å². The lowest BCUT2D eigenvalue weighted by Crippen LogP contribution is -2.54. The van der Waals surface area contributed by atoms with Crippen molar-refractivity contribution in [2.24, 2.45) is 17.3 Å². The lowest BCUT2D eigenvalue weighted by molar-refractivity contribution is -0.164. The monoisotopic (exact) mass is 844 g/mol. The molecular weight excluding hydrogens is 793 g/mol. The number of phenols is 3. The molecule has 0 radical (unpaired) electrons. The number of hydrogen-bond donors (Lipinski definition) is 3. The third kappa shape index (κ3) is 8.20. The standard InChI is InChI=1S/C54H52O9/c1-32(55)62-50-29-41(63-53(59)21-34-14-15-36-22-40(56)27-43(42(36)20-34)35-12-8-5-9-13-35)28-45-44-30-52(61-3)48(57)24-37(44)16-17-46(45)54(19-18-33-10-6-4-7-11-33)31-39-25-49(58)51(60-2)26-38(39)23-47(50)54/h4-15,18-20,22,24-27,30,41,45-47,50,56-58H,16-17,21,23,28-29,31H2,1-3H3. The summed E-state index contributed by atoms with van der Waals surface area (Å²) in [6.07, 6.45) is 6.47. The Morgan fingerprint density at radius 2 is 1.46 bits per heavy atom. The molecule has 0 amide bonds. The molecule has 0 aromatic heterocycles. The van der Waals surface area contributed by atoms with Gasteiger partial charge in [-0.1, -0.05) is 84.9 Å². The number of methoxy groups -OCH3 is 2. The van der Waals surface area contributed by atoms with Crippen molar-refractivity contribution in [3.8, 4) is 39.9 Å². The zero-order chi connectivity index (χ0) is 43.8. The fourth-order valence-electron chi connectivity index (χ4n) is 11.1. The second-order valence-electron chi connectivity index (χ2n) is 17.4. The predicted molar refractivity (Wildman–Crippen MR) is 242 cm³/mol. The summed E-state index contributed by atoms with van der Waals surface area (Å²) in [7, 11) is 3.08. The van der Waals surface area contributed by atoms with Crippen LogP contribution in [0.1, 0.15) is 65.5 Å². The van der Waals surface area contributed by atoms with E-state index in [1.807, 2.05) is 84.9 Å². The van der Waals surface area contributed by atoms with E-state index < -0.39 is 29.6 Å². The second kappa shape index (κ2) is 17.2. The van der Waals surface area contributed by atoms with Gasteiger partial charge >= 0.3 is 11.9 Å². The number of rotatable bonds is 9. The molecule has 1 saturated carbocycles. The SMILES string of the molecule is COc1cc2c(cc1O)CC1(C=Cc3ccccc3)C(C2)C(OC(C)=O)CC(OC(=O)Cc2ccc3cc(O)cc(-c4ccccc4)c3c2)CC2c3cc(OC)c(O)cc3CCC21. The number of esters is 2. The van der Waals surface area contributed by atoms with Gasteiger partial charge in [0.25, 0.3) is 0 Å². The van der Waals surface area contributed by atoms with Gasteiger partial charge in [-0.2, -0.15) is 0 Å². The van der Waals surface area contributed by atoms with E-state index in [1.165, 1.54) is 14.0 Å². The summed E-state index contributed by atoms with van der Waals surface area (Å²) in [4.78, 5) is 27.5. The maximum atomic E-state index is 14.3. The predicted octanol–water partition coefficient (Wildman–Crippen LogP) is 10.3. The van der Waals surface area contributed by atoms with Crippen LogP contribution in [0.2, 0.25) is 0 Å². The molecule has 63 heavy (non-hydrogen) atoms. The smallest absolute Gasteiger partial charge is 0.310 e. The van der Waals surface area contributed by atoms with Crippen LogP contribution in [0.5, 0.6) is 28.7 Å². The molecule has 3 N–H and O–H groups in total. The van der Waals surface area contributed by atoms with Gasteiger partial charge in [0.1, 0.15) is 18.0 Å². The summed E-state index contributed by atoms with van der Waals surface area (Å²) in [6.45, 7) is 1.43. The highest BCUT2D eigenvalue weighted by atomic mass is 16.6. The number of carbonyl (C=O) groups is 2. The molecule has 9 nitrogen and oxygen atoms in total. The van der Waals surface area contributed by atoms with Crippen molar-refractivity contribution in [3.63, 3.8) is 0 Å². The van der Waals surface area contributed by atoms with Crippen LogP contribution in [0.4, 0.5) is 0 Å². The van der Waals surface area contributed by atoms with Crippen molar-refractivity contribution in [2.45, 2.75) is 70.0 Å². The molecule has 6 atom stereocenters. The molecular formula is C54H52O9. The van der Waals surface area contributed by atoms with Crippen molar-refractivity contribution in [1.82, 2.24) is 0 Å². The van der Waals surface area contributed by atoms with Crippen LogP contribution in [0, 0.1) is 17.3 Å². The van der Waals surface area contributed by atoms with Crippen molar-refractivity contribution >= 4 is 28.8 Å². The Hall–Kier alpha value is -6.74. The van der Waals surface area contributed by atoms with E-state index in [-0.39, 0.29) is 47.8 Å². The zero-order valence-electron chi connectivity index (χ0n) is 35.8. The fraction of sp³-hybridized carbons (Fsp3) is 0.296. The Kier molecular flexibility index (Phi) is 11.4. The Balaban J connectivity index is 1.14. The topological polar surface area (TPSA) is 132 Å². The molecule has 0 heterocycles. The number of ether oxygens (including phenoxy) is 4. The number of carbonyl (C=O) groups excluding carboxylic acids is 2. The first-order valence-electron chi connectivity index (χ1n) is 21.7. The maximum absolute atomic E-state index is 14.3. The molecule has 1 fully saturated rings. The molecule has 0 saturated heterocycles. The third-order valence-corrected chi connectivity index (χ3v) is 13.8. The summed E-state index contributed by atoms with van der Waals surface area (Å²) in [5.74, 6) is -0.222. The van der Waals surface area contributed by atoms with Gasteiger partial charge in [0.05, 0.1) is 20.6 Å². The van der Waals surface area contributed by atoms with Crippen LogP contribution >= 0.6 is 0 Å². The van der Waals surface area contributed by atoms with Gasteiger partial charge in [-0.05, 0) is 142 Å². The molecule has 0 aliphatic heterocycles. The number of fused-ring (bicyclic) bond motifs is 7. The summed E-state index contributed by atoms with van der Waals surface area (Å²) in [5.41, 5.74) is 7.08. The van der Waals surface area contributed by atoms with Crippen LogP contribution in [-0.4, -0.2) is 53.7 Å². The van der Waals surface area contributed by atoms with Crippen LogP contribution in [-0.2, 0) is 44.7 Å². The third-order valence-electron chi connectivity index (χ3n) is 13.8. The normalized spacial score (nSPS) is 22.7. The van der Waals surface area contributed by atoms with E-state index in [9.17, 15) is 24.9 Å². The largest absolute Gasteiger partial charge is 0.508 e. The Bertz CT molecular complexity index is 2710. The number of aryl methyl sites for hydroxylation is 1. The molecule has 9 heteroatoms. The minimum atomic E-state index is -0.635. The Labute approximate surface area is 367 Å². The molecule has 9 rings (SSSR count). The van der Waals surface area contributed by atoms with Gasteiger partial charge in [-0.25, -0.2) is 0 Å². The molecule has 3 aliphatic carbocycles. The van der Waals surface area contributed by atoms with Crippen LogP contribution in [0.3, 0.4) is 0 Å². The lowest BCUT2D eigenvalue weighted by atomic mass is 9.49. The number of aromatic hydroxyl groups is 3. The van der Waals surface area contributed by atoms with E-state index in [4.69, 9.17) is 18.9 Å². The lowest BCUT2D eigenvalue weighted by Gasteiger charge is -2.56. The number of hydrogen-bond acceptors (Lipinski definition) is 9. The van der Waals surface area contributed by atoms with Crippen molar-refractivity contribution in [1.29, 1.82) is 0 Å². The summed E-state index contributed by atoms with van der Waals surface area (Å²) < 4.78 is 24.3. The number of benzene rings is 6. The molecule has 6 aromatic carbocycles. The van der Waals surface area contributed by atoms with Gasteiger partial charge in [0.2, 0.25) is 0 Å². The highest BCUT2D eigenvalue weighted by Crippen LogP contribution is 2.60. The van der Waals surface area contributed by atoms with Crippen LogP contribution in [0.25, 0.3) is 28.0 Å². The second-order valence-corrected chi connectivity index (χ2v) is 17.4. The Morgan fingerprint density at radius 1 is 0.746 bits per heavy atom. The van der Waals surface area contributed by atoms with Crippen molar-refractivity contribution in [3.05, 3.63) is 155 Å². The quantitative estimate of drug-likeness (QED) is 0.122. The van der Waals surface area contributed by atoms with Crippen LogP contribution in [0.15, 0.2) is 121 Å². The van der Waals surface area contributed by atoms with E-state index in [0.29, 0.717) is 37.2 Å². The molecule has 3 aliphatic rings. The van der Waals surface area contributed by atoms with Crippen molar-refractivity contribution < 1.29 is 43.9 Å². The molecule has 6 aromatic rings. The van der Waals surface area contributed by atoms with E-state index >= 15 is 0 Å². The summed E-state index contributed by atoms with van der Waals surface area (Å²) in [6, 6.07) is 36.7. The summed E-state index contributed by atoms with van der Waals surface area (Å²) in [5, 5.41) is 34.4. The molecule has 6 unspecified atom stereocenters. The summed E-state index contributed by atoms with van der Waals surface area (Å²) >= 11 is 0. The fourth-order valence-corrected chi connectivity index (χ4v) is 11.1. The van der Waals surface area contributed by atoms with E-state index in [1.54, 1.807) is 25.3 Å². The minimum absolute atomic E-state index is 0.00992. The number of allylic oxidation sites excluding steroid dienone is 1. The first-order valence-corrected chi connectivity index (χ1v) is 21.7. The highest BCUT2D eigenvalue weighted by molar-refractivity contribution is 5.98. The van der Waals surface area contributed by atoms with Gasteiger partial charge < -0.3 is 34.3 Å². The van der Waals surface area contributed by atoms with E-state index in [0.717, 1.165) is 61.7 Å². The molecule has 0 bridgehead atoms. The van der Waals surface area contributed by atoms with Gasteiger partial charge in [-0.3, -0.25) is 9.59 Å². The molecule has 0 spiro atoms. The first-order chi connectivity index (χ1) is 30.5. The van der Waals surface area contributed by atoms with Gasteiger partial charge in [0.15, 0.2) is 23.0 Å². The number of phenolic OH excluding ortho intramolecular Hbond substituents is 3.